The topological polar surface area (TPSA) is 65.0 Å². The zero-order valence-corrected chi connectivity index (χ0v) is 15.7. The number of benzene rings is 2. The Morgan fingerprint density at radius 1 is 1.04 bits per heavy atom. The van der Waals surface area contributed by atoms with E-state index in [-0.39, 0.29) is 0 Å². The van der Waals surface area contributed by atoms with Crippen molar-refractivity contribution < 1.29 is 14.7 Å². The standard InChI is InChI=1S/C21H27N3O3/c1-27-16-15-23-11-13-24(14-12-23)19-9-7-18(8-10-19)20(21(25)22-26)17-5-3-2-4-6-17/h2-10,20,26H,11-16H2,1H3,(H,22,25). The molecule has 3 rings (SSSR count). The Morgan fingerprint density at radius 3 is 2.26 bits per heavy atom. The third-order valence-corrected chi connectivity index (χ3v) is 5.08. The van der Waals surface area contributed by atoms with Crippen LogP contribution in [0.25, 0.3) is 0 Å². The van der Waals surface area contributed by atoms with Gasteiger partial charge in [0.15, 0.2) is 0 Å². The summed E-state index contributed by atoms with van der Waals surface area (Å²) in [5.74, 6) is -0.961. The highest BCUT2D eigenvalue weighted by molar-refractivity contribution is 5.86. The Morgan fingerprint density at radius 2 is 1.67 bits per heavy atom. The van der Waals surface area contributed by atoms with Gasteiger partial charge >= 0.3 is 0 Å². The van der Waals surface area contributed by atoms with E-state index >= 15 is 0 Å². The maximum atomic E-state index is 12.2. The van der Waals surface area contributed by atoms with Gasteiger partial charge in [-0.1, -0.05) is 42.5 Å². The fraction of sp³-hybridized carbons (Fsp3) is 0.381. The lowest BCUT2D eigenvalue weighted by molar-refractivity contribution is -0.129. The van der Waals surface area contributed by atoms with Gasteiger partial charge in [-0.15, -0.1) is 0 Å². The average Bonchev–Trinajstić information content (AvgIpc) is 2.74. The molecule has 0 radical (unpaired) electrons. The Bertz CT molecular complexity index is 713. The van der Waals surface area contributed by atoms with E-state index in [1.165, 1.54) is 0 Å². The number of carbonyl (C=O) groups is 1. The summed E-state index contributed by atoms with van der Waals surface area (Å²) >= 11 is 0. The molecule has 144 valence electrons. The normalized spacial score (nSPS) is 16.1. The minimum absolute atomic E-state index is 0.430. The van der Waals surface area contributed by atoms with Crippen molar-refractivity contribution >= 4 is 11.6 Å². The molecule has 1 aliphatic heterocycles. The SMILES string of the molecule is COCCN1CCN(c2ccc(C(C(=O)NO)c3ccccc3)cc2)CC1. The first-order valence-corrected chi connectivity index (χ1v) is 9.28. The number of nitrogens with zero attached hydrogens (tertiary/aromatic N) is 2. The molecule has 27 heavy (non-hydrogen) atoms. The Labute approximate surface area is 160 Å². The van der Waals surface area contributed by atoms with E-state index in [0.717, 1.165) is 56.1 Å². The molecular formula is C21H27N3O3. The number of rotatable bonds is 7. The van der Waals surface area contributed by atoms with E-state index < -0.39 is 11.8 Å². The van der Waals surface area contributed by atoms with Crippen LogP contribution in [-0.2, 0) is 9.53 Å². The second-order valence-electron chi connectivity index (χ2n) is 6.73. The molecule has 1 atom stereocenters. The van der Waals surface area contributed by atoms with Gasteiger partial charge in [0.2, 0.25) is 0 Å². The van der Waals surface area contributed by atoms with Crippen LogP contribution in [0.1, 0.15) is 17.0 Å². The van der Waals surface area contributed by atoms with E-state index in [1.54, 1.807) is 12.6 Å². The molecule has 0 bridgehead atoms. The highest BCUT2D eigenvalue weighted by Crippen LogP contribution is 2.27. The maximum Gasteiger partial charge on any atom is 0.255 e. The molecule has 2 N–H and O–H groups in total. The lowest BCUT2D eigenvalue weighted by atomic mass is 9.90. The fourth-order valence-corrected chi connectivity index (χ4v) is 3.53. The van der Waals surface area contributed by atoms with Gasteiger partial charge < -0.3 is 9.64 Å². The van der Waals surface area contributed by atoms with Crippen molar-refractivity contribution in [1.29, 1.82) is 0 Å². The molecule has 2 aromatic rings. The largest absolute Gasteiger partial charge is 0.383 e. The molecule has 1 heterocycles. The highest BCUT2D eigenvalue weighted by atomic mass is 16.5. The van der Waals surface area contributed by atoms with Crippen LogP contribution in [-0.4, -0.2) is 62.5 Å². The smallest absolute Gasteiger partial charge is 0.255 e. The van der Waals surface area contributed by atoms with Crippen molar-refractivity contribution in [3.05, 3.63) is 65.7 Å². The van der Waals surface area contributed by atoms with Crippen LogP contribution >= 0.6 is 0 Å². The predicted octanol–water partition coefficient (Wildman–Crippen LogP) is 2.09. The van der Waals surface area contributed by atoms with E-state index in [2.05, 4.69) is 21.9 Å². The Balaban J connectivity index is 1.70. The number of nitrogens with one attached hydrogen (secondary N) is 1. The fourth-order valence-electron chi connectivity index (χ4n) is 3.53. The molecule has 0 aromatic heterocycles. The number of hydroxylamine groups is 1. The van der Waals surface area contributed by atoms with Crippen molar-refractivity contribution in [3.63, 3.8) is 0 Å². The first-order valence-electron chi connectivity index (χ1n) is 9.28. The zero-order valence-electron chi connectivity index (χ0n) is 15.7. The molecule has 1 aliphatic rings. The molecule has 0 spiro atoms. The highest BCUT2D eigenvalue weighted by Gasteiger charge is 2.23. The van der Waals surface area contributed by atoms with Gasteiger partial charge in [0.05, 0.1) is 12.5 Å². The number of anilines is 1. The number of amides is 1. The van der Waals surface area contributed by atoms with Gasteiger partial charge in [-0.25, -0.2) is 5.48 Å². The van der Waals surface area contributed by atoms with Gasteiger partial charge in [-0.3, -0.25) is 14.9 Å². The van der Waals surface area contributed by atoms with E-state index in [9.17, 15) is 4.79 Å². The first-order chi connectivity index (χ1) is 13.2. The van der Waals surface area contributed by atoms with Gasteiger partial charge in [0, 0.05) is 45.5 Å². The molecule has 1 unspecified atom stereocenters. The van der Waals surface area contributed by atoms with Gasteiger partial charge in [0.1, 0.15) is 0 Å². The second kappa shape index (κ2) is 9.50. The van der Waals surface area contributed by atoms with Crippen molar-refractivity contribution in [3.8, 4) is 0 Å². The predicted molar refractivity (Wildman–Crippen MR) is 105 cm³/mol. The van der Waals surface area contributed by atoms with Crippen LogP contribution in [0.5, 0.6) is 0 Å². The van der Waals surface area contributed by atoms with Gasteiger partial charge in [0.25, 0.3) is 5.91 Å². The van der Waals surface area contributed by atoms with Crippen molar-refractivity contribution in [2.24, 2.45) is 0 Å². The number of hydrogen-bond acceptors (Lipinski definition) is 5. The van der Waals surface area contributed by atoms with Crippen LogP contribution in [0.15, 0.2) is 54.6 Å². The Hall–Kier alpha value is -2.41. The third kappa shape index (κ3) is 4.86. The average molecular weight is 369 g/mol. The van der Waals surface area contributed by atoms with Crippen molar-refractivity contribution in [2.75, 3.05) is 51.3 Å². The van der Waals surface area contributed by atoms with Crippen molar-refractivity contribution in [2.45, 2.75) is 5.92 Å². The minimum Gasteiger partial charge on any atom is -0.383 e. The summed E-state index contributed by atoms with van der Waals surface area (Å²) in [7, 11) is 1.73. The van der Waals surface area contributed by atoms with E-state index in [0.29, 0.717) is 0 Å². The molecule has 6 heteroatoms. The number of carbonyl (C=O) groups excluding carboxylic acids is 1. The number of hydrogen-bond donors (Lipinski definition) is 2. The minimum atomic E-state index is -0.531. The van der Waals surface area contributed by atoms with Crippen LogP contribution < -0.4 is 10.4 Å². The van der Waals surface area contributed by atoms with Gasteiger partial charge in [-0.05, 0) is 23.3 Å². The van der Waals surface area contributed by atoms with E-state index in [4.69, 9.17) is 9.94 Å². The molecule has 1 amide bonds. The lowest BCUT2D eigenvalue weighted by Crippen LogP contribution is -2.47. The first kappa shape index (κ1) is 19.4. The quantitative estimate of drug-likeness (QED) is 0.578. The van der Waals surface area contributed by atoms with Crippen molar-refractivity contribution in [1.82, 2.24) is 10.4 Å². The molecule has 6 nitrogen and oxygen atoms in total. The van der Waals surface area contributed by atoms with Crippen LogP contribution in [0, 0.1) is 0 Å². The summed E-state index contributed by atoms with van der Waals surface area (Å²) in [6, 6.07) is 17.5. The molecule has 0 saturated carbocycles. The Kier molecular flexibility index (Phi) is 6.81. The number of ether oxygens (including phenoxy) is 1. The van der Waals surface area contributed by atoms with Crippen LogP contribution in [0.4, 0.5) is 5.69 Å². The molecular weight excluding hydrogens is 342 g/mol. The van der Waals surface area contributed by atoms with Crippen LogP contribution in [0.2, 0.25) is 0 Å². The summed E-state index contributed by atoms with van der Waals surface area (Å²) in [6.07, 6.45) is 0. The summed E-state index contributed by atoms with van der Waals surface area (Å²) in [6.45, 7) is 5.72. The van der Waals surface area contributed by atoms with E-state index in [1.807, 2.05) is 42.5 Å². The van der Waals surface area contributed by atoms with Crippen LogP contribution in [0.3, 0.4) is 0 Å². The lowest BCUT2D eigenvalue weighted by Gasteiger charge is -2.36. The molecule has 1 saturated heterocycles. The summed E-state index contributed by atoms with van der Waals surface area (Å²) in [5.41, 5.74) is 4.66. The number of piperazine rings is 1. The molecule has 0 aliphatic carbocycles. The zero-order chi connectivity index (χ0) is 19.1. The summed E-state index contributed by atoms with van der Waals surface area (Å²) in [4.78, 5) is 17.0. The molecule has 1 fully saturated rings. The second-order valence-corrected chi connectivity index (χ2v) is 6.73. The number of methoxy groups -OCH3 is 1. The monoisotopic (exact) mass is 369 g/mol. The summed E-state index contributed by atoms with van der Waals surface area (Å²) in [5, 5.41) is 9.15. The summed E-state index contributed by atoms with van der Waals surface area (Å²) < 4.78 is 5.15. The molecule has 2 aromatic carbocycles. The third-order valence-electron chi connectivity index (χ3n) is 5.08. The maximum absolute atomic E-state index is 12.2. The van der Waals surface area contributed by atoms with Gasteiger partial charge in [-0.2, -0.15) is 0 Å².